The van der Waals surface area contributed by atoms with E-state index in [1.165, 1.54) is 11.3 Å². The van der Waals surface area contributed by atoms with Crippen molar-refractivity contribution in [2.24, 2.45) is 5.92 Å². The van der Waals surface area contributed by atoms with Gasteiger partial charge in [-0.3, -0.25) is 4.79 Å². The van der Waals surface area contributed by atoms with E-state index in [1.807, 2.05) is 5.38 Å². The smallest absolute Gasteiger partial charge is 0.271 e. The van der Waals surface area contributed by atoms with Gasteiger partial charge < -0.3 is 15.4 Å². The normalized spacial score (nSPS) is 20.9. The van der Waals surface area contributed by atoms with E-state index in [-0.39, 0.29) is 17.6 Å². The first-order valence-electron chi connectivity index (χ1n) is 8.00. The summed E-state index contributed by atoms with van der Waals surface area (Å²) in [4.78, 5) is 16.7. The lowest BCUT2D eigenvalue weighted by Gasteiger charge is -2.35. The molecular weight excluding hydrogens is 298 g/mol. The van der Waals surface area contributed by atoms with E-state index in [2.05, 4.69) is 43.3 Å². The van der Waals surface area contributed by atoms with Crippen LogP contribution < -0.4 is 10.6 Å². The molecule has 0 radical (unpaired) electrons. The fourth-order valence-corrected chi connectivity index (χ4v) is 3.26. The number of nitrogens with zero attached hydrogens (tertiary/aromatic N) is 1. The number of amides is 1. The Labute approximate surface area is 136 Å². The van der Waals surface area contributed by atoms with Crippen LogP contribution in [0.5, 0.6) is 0 Å². The molecule has 2 rings (SSSR count). The topological polar surface area (TPSA) is 63.2 Å². The molecule has 0 aromatic carbocycles. The van der Waals surface area contributed by atoms with Crippen LogP contribution in [0.25, 0.3) is 0 Å². The van der Waals surface area contributed by atoms with Gasteiger partial charge in [0.25, 0.3) is 5.91 Å². The first-order valence-corrected chi connectivity index (χ1v) is 8.88. The predicted octanol–water partition coefficient (Wildman–Crippen LogP) is 3.29. The lowest BCUT2D eigenvalue weighted by Crippen LogP contribution is -2.45. The van der Waals surface area contributed by atoms with Gasteiger partial charge in [0.1, 0.15) is 5.69 Å². The van der Waals surface area contributed by atoms with Crippen LogP contribution in [-0.2, 0) is 4.74 Å². The third-order valence-electron chi connectivity index (χ3n) is 3.77. The fourth-order valence-electron chi connectivity index (χ4n) is 2.54. The maximum atomic E-state index is 12.3. The Kier molecular flexibility index (Phi) is 5.81. The van der Waals surface area contributed by atoms with Crippen molar-refractivity contribution in [1.82, 2.24) is 10.3 Å². The van der Waals surface area contributed by atoms with E-state index >= 15 is 0 Å². The molecule has 2 heterocycles. The first-order chi connectivity index (χ1) is 10.4. The second kappa shape index (κ2) is 7.42. The van der Waals surface area contributed by atoms with E-state index in [1.54, 1.807) is 0 Å². The molecule has 22 heavy (non-hydrogen) atoms. The third-order valence-corrected chi connectivity index (χ3v) is 4.57. The van der Waals surface area contributed by atoms with Gasteiger partial charge in [0.05, 0.1) is 5.60 Å². The van der Waals surface area contributed by atoms with Crippen LogP contribution in [0.3, 0.4) is 0 Å². The van der Waals surface area contributed by atoms with E-state index in [0.717, 1.165) is 30.9 Å². The molecule has 1 atom stereocenters. The maximum Gasteiger partial charge on any atom is 0.271 e. The van der Waals surface area contributed by atoms with Gasteiger partial charge in [0, 0.05) is 24.6 Å². The lowest BCUT2D eigenvalue weighted by atomic mass is 9.94. The molecule has 5 nitrogen and oxygen atoms in total. The van der Waals surface area contributed by atoms with Crippen molar-refractivity contribution >= 4 is 22.4 Å². The van der Waals surface area contributed by atoms with Crippen molar-refractivity contribution in [3.05, 3.63) is 11.1 Å². The Morgan fingerprint density at radius 1 is 1.55 bits per heavy atom. The summed E-state index contributed by atoms with van der Waals surface area (Å²) in [7, 11) is 0. The molecule has 1 fully saturated rings. The van der Waals surface area contributed by atoms with Crippen LogP contribution in [0.15, 0.2) is 5.38 Å². The molecular formula is C16H27N3O2S. The predicted molar refractivity (Wildman–Crippen MR) is 90.6 cm³/mol. The molecule has 0 spiro atoms. The summed E-state index contributed by atoms with van der Waals surface area (Å²) in [5.74, 6) is 0.572. The van der Waals surface area contributed by atoms with Crippen molar-refractivity contribution in [1.29, 1.82) is 0 Å². The molecule has 1 amide bonds. The van der Waals surface area contributed by atoms with Gasteiger partial charge >= 0.3 is 0 Å². The highest BCUT2D eigenvalue weighted by atomic mass is 32.1. The largest absolute Gasteiger partial charge is 0.375 e. The molecule has 1 aliphatic heterocycles. The minimum absolute atomic E-state index is 0.0872. The number of nitrogens with one attached hydrogen (secondary N) is 2. The Bertz CT molecular complexity index is 499. The molecule has 1 aromatic rings. The van der Waals surface area contributed by atoms with Crippen LogP contribution in [0.1, 0.15) is 57.4 Å². The molecule has 0 aliphatic carbocycles. The zero-order valence-electron chi connectivity index (χ0n) is 13.9. The molecule has 0 unspecified atom stereocenters. The first kappa shape index (κ1) is 17.2. The average Bonchev–Trinajstić information content (AvgIpc) is 2.86. The zero-order chi connectivity index (χ0) is 16.2. The van der Waals surface area contributed by atoms with Crippen molar-refractivity contribution in [3.8, 4) is 0 Å². The lowest BCUT2D eigenvalue weighted by molar-refractivity contribution is -0.0615. The number of hydrogen-bond acceptors (Lipinski definition) is 5. The minimum Gasteiger partial charge on any atom is -0.375 e. The van der Waals surface area contributed by atoms with Gasteiger partial charge in [-0.15, -0.1) is 11.3 Å². The summed E-state index contributed by atoms with van der Waals surface area (Å²) in [5.41, 5.74) is 0.336. The number of rotatable bonds is 6. The number of aromatic nitrogens is 1. The molecule has 124 valence electrons. The number of ether oxygens (including phenoxy) is 1. The van der Waals surface area contributed by atoms with Crippen molar-refractivity contribution in [2.75, 3.05) is 18.5 Å². The Morgan fingerprint density at radius 2 is 2.32 bits per heavy atom. The molecule has 1 aliphatic rings. The SMILES string of the molecule is CC(C)CCNc1nc(C(=O)N[C@H]2CCOC(C)(C)C2)cs1. The van der Waals surface area contributed by atoms with Crippen LogP contribution in [0.4, 0.5) is 5.13 Å². The Morgan fingerprint density at radius 3 is 3.00 bits per heavy atom. The summed E-state index contributed by atoms with van der Waals surface area (Å²) in [5, 5.41) is 8.99. The molecule has 0 saturated carbocycles. The van der Waals surface area contributed by atoms with Crippen LogP contribution in [0.2, 0.25) is 0 Å². The van der Waals surface area contributed by atoms with Crippen LogP contribution >= 0.6 is 11.3 Å². The van der Waals surface area contributed by atoms with E-state index in [9.17, 15) is 4.79 Å². The van der Waals surface area contributed by atoms with Gasteiger partial charge in [0.15, 0.2) is 5.13 Å². The average molecular weight is 325 g/mol. The fraction of sp³-hybridized carbons (Fsp3) is 0.750. The third kappa shape index (κ3) is 5.25. The van der Waals surface area contributed by atoms with Gasteiger partial charge in [-0.25, -0.2) is 4.98 Å². The Hall–Kier alpha value is -1.14. The summed E-state index contributed by atoms with van der Waals surface area (Å²) >= 11 is 1.48. The number of carbonyl (C=O) groups is 1. The molecule has 1 aromatic heterocycles. The maximum absolute atomic E-state index is 12.3. The summed E-state index contributed by atoms with van der Waals surface area (Å²) in [6.45, 7) is 10.1. The van der Waals surface area contributed by atoms with Crippen molar-refractivity contribution in [3.63, 3.8) is 0 Å². The number of anilines is 1. The van der Waals surface area contributed by atoms with Gasteiger partial charge in [0.2, 0.25) is 0 Å². The highest BCUT2D eigenvalue weighted by Crippen LogP contribution is 2.24. The van der Waals surface area contributed by atoms with Gasteiger partial charge in [-0.1, -0.05) is 13.8 Å². The summed E-state index contributed by atoms with van der Waals surface area (Å²) < 4.78 is 5.68. The number of carbonyl (C=O) groups excluding carboxylic acids is 1. The molecule has 1 saturated heterocycles. The minimum atomic E-state index is -0.165. The van der Waals surface area contributed by atoms with Crippen molar-refractivity contribution < 1.29 is 9.53 Å². The van der Waals surface area contributed by atoms with E-state index < -0.39 is 0 Å². The summed E-state index contributed by atoms with van der Waals surface area (Å²) in [6.07, 6.45) is 2.79. The molecule has 2 N–H and O–H groups in total. The van der Waals surface area contributed by atoms with E-state index in [0.29, 0.717) is 18.2 Å². The Balaban J connectivity index is 1.84. The van der Waals surface area contributed by atoms with Crippen molar-refractivity contribution in [2.45, 2.75) is 58.6 Å². The standard InChI is InChI=1S/C16H27N3O2S/c1-11(2)5-7-17-15-19-13(10-22-15)14(20)18-12-6-8-21-16(3,4)9-12/h10-12H,5-9H2,1-4H3,(H,17,19)(H,18,20)/t12-/m0/s1. The van der Waals surface area contributed by atoms with Crippen LogP contribution in [-0.4, -0.2) is 35.7 Å². The highest BCUT2D eigenvalue weighted by molar-refractivity contribution is 7.13. The second-order valence-corrected chi connectivity index (χ2v) is 7.78. The highest BCUT2D eigenvalue weighted by Gasteiger charge is 2.30. The molecule has 6 heteroatoms. The summed E-state index contributed by atoms with van der Waals surface area (Å²) in [6, 6.07) is 0.162. The number of thiazole rings is 1. The quantitative estimate of drug-likeness (QED) is 0.842. The zero-order valence-corrected chi connectivity index (χ0v) is 14.8. The molecule has 0 bridgehead atoms. The van der Waals surface area contributed by atoms with Crippen LogP contribution in [0, 0.1) is 5.92 Å². The number of hydrogen-bond donors (Lipinski definition) is 2. The van der Waals surface area contributed by atoms with Gasteiger partial charge in [-0.2, -0.15) is 0 Å². The second-order valence-electron chi connectivity index (χ2n) is 6.92. The van der Waals surface area contributed by atoms with E-state index in [4.69, 9.17) is 4.74 Å². The van der Waals surface area contributed by atoms with Gasteiger partial charge in [-0.05, 0) is 39.0 Å². The monoisotopic (exact) mass is 325 g/mol.